The van der Waals surface area contributed by atoms with Crippen LogP contribution in [0.3, 0.4) is 0 Å². The van der Waals surface area contributed by atoms with E-state index in [2.05, 4.69) is 5.32 Å². The average molecular weight is 284 g/mol. The number of hydrogen-bond acceptors (Lipinski definition) is 3. The number of hydrogen-bond donors (Lipinski definition) is 3. The van der Waals surface area contributed by atoms with Gasteiger partial charge in [-0.2, -0.15) is 0 Å². The molecule has 0 aromatic carbocycles. The van der Waals surface area contributed by atoms with E-state index in [9.17, 15) is 14.7 Å². The molecule has 0 aromatic heterocycles. The maximum absolute atomic E-state index is 12.4. The molecule has 1 aliphatic heterocycles. The molecule has 6 heteroatoms. The van der Waals surface area contributed by atoms with Crippen molar-refractivity contribution in [1.82, 2.24) is 10.2 Å². The second-order valence-corrected chi connectivity index (χ2v) is 6.07. The van der Waals surface area contributed by atoms with Gasteiger partial charge in [-0.05, 0) is 51.4 Å². The number of carbonyl (C=O) groups is 2. The summed E-state index contributed by atoms with van der Waals surface area (Å²) < 4.78 is 0. The standard InChI is InChI=1S/C14H24N2O4/c1-14(12(18)19,10-5-6-10)15-13(20)16-8-3-2-4-11(16)7-9-17/h10-11,17H,2-9H2,1H3,(H,15,20)(H,18,19). The van der Waals surface area contributed by atoms with E-state index in [0.717, 1.165) is 32.1 Å². The highest BCUT2D eigenvalue weighted by Gasteiger charge is 2.49. The maximum atomic E-state index is 12.4. The van der Waals surface area contributed by atoms with Crippen LogP contribution >= 0.6 is 0 Å². The minimum absolute atomic E-state index is 0.0194. The lowest BCUT2D eigenvalue weighted by Crippen LogP contribution is -2.59. The first-order valence-corrected chi connectivity index (χ1v) is 7.42. The lowest BCUT2D eigenvalue weighted by molar-refractivity contribution is -0.144. The number of amides is 2. The van der Waals surface area contributed by atoms with Crippen LogP contribution in [-0.4, -0.2) is 51.8 Å². The SMILES string of the molecule is CC(NC(=O)N1CCCCC1CCO)(C(=O)O)C1CC1. The van der Waals surface area contributed by atoms with Crippen molar-refractivity contribution in [3.05, 3.63) is 0 Å². The number of piperidine rings is 1. The van der Waals surface area contributed by atoms with Gasteiger partial charge in [0.15, 0.2) is 0 Å². The van der Waals surface area contributed by atoms with E-state index in [1.165, 1.54) is 0 Å². The summed E-state index contributed by atoms with van der Waals surface area (Å²) >= 11 is 0. The van der Waals surface area contributed by atoms with E-state index in [1.807, 2.05) is 0 Å². The Balaban J connectivity index is 2.03. The summed E-state index contributed by atoms with van der Waals surface area (Å²) in [5, 5.41) is 21.2. The molecule has 0 spiro atoms. The summed E-state index contributed by atoms with van der Waals surface area (Å²) in [6, 6.07) is -0.286. The molecular weight excluding hydrogens is 260 g/mol. The van der Waals surface area contributed by atoms with Gasteiger partial charge in [0.05, 0.1) is 0 Å². The van der Waals surface area contributed by atoms with Crippen molar-refractivity contribution in [2.75, 3.05) is 13.2 Å². The van der Waals surface area contributed by atoms with Gasteiger partial charge in [0.2, 0.25) is 0 Å². The lowest BCUT2D eigenvalue weighted by atomic mass is 9.95. The molecule has 3 N–H and O–H groups in total. The zero-order chi connectivity index (χ0) is 14.8. The molecule has 2 amide bonds. The Hall–Kier alpha value is -1.30. The summed E-state index contributed by atoms with van der Waals surface area (Å²) in [4.78, 5) is 25.6. The number of urea groups is 1. The Labute approximate surface area is 119 Å². The normalized spacial score (nSPS) is 25.9. The average Bonchev–Trinajstić information content (AvgIpc) is 3.24. The summed E-state index contributed by atoms with van der Waals surface area (Å²) in [5.41, 5.74) is -1.17. The molecule has 114 valence electrons. The van der Waals surface area contributed by atoms with Crippen LogP contribution in [0.5, 0.6) is 0 Å². The molecule has 0 radical (unpaired) electrons. The predicted octanol–water partition coefficient (Wildman–Crippen LogP) is 1.19. The predicted molar refractivity (Wildman–Crippen MR) is 73.3 cm³/mol. The fourth-order valence-corrected chi connectivity index (χ4v) is 3.00. The number of rotatable bonds is 5. The highest BCUT2D eigenvalue weighted by atomic mass is 16.4. The lowest BCUT2D eigenvalue weighted by Gasteiger charge is -2.38. The van der Waals surface area contributed by atoms with Crippen molar-refractivity contribution in [2.24, 2.45) is 5.92 Å². The van der Waals surface area contributed by atoms with Crippen molar-refractivity contribution >= 4 is 12.0 Å². The van der Waals surface area contributed by atoms with Crippen LogP contribution in [0.4, 0.5) is 4.79 Å². The number of carboxylic acids is 1. The minimum Gasteiger partial charge on any atom is -0.480 e. The van der Waals surface area contributed by atoms with Gasteiger partial charge >= 0.3 is 12.0 Å². The molecule has 1 saturated carbocycles. The Morgan fingerprint density at radius 1 is 1.30 bits per heavy atom. The number of nitrogens with zero attached hydrogens (tertiary/aromatic N) is 1. The third-order valence-electron chi connectivity index (χ3n) is 4.56. The van der Waals surface area contributed by atoms with Crippen molar-refractivity contribution in [2.45, 2.75) is 57.0 Å². The van der Waals surface area contributed by atoms with Gasteiger partial charge in [-0.25, -0.2) is 9.59 Å². The van der Waals surface area contributed by atoms with Crippen LogP contribution in [0.15, 0.2) is 0 Å². The highest BCUT2D eigenvalue weighted by molar-refractivity contribution is 5.86. The summed E-state index contributed by atoms with van der Waals surface area (Å²) in [6.45, 7) is 2.28. The zero-order valence-electron chi connectivity index (χ0n) is 12.0. The first-order chi connectivity index (χ1) is 9.49. The number of aliphatic hydroxyl groups is 1. The Kier molecular flexibility index (Phi) is 4.52. The topological polar surface area (TPSA) is 89.9 Å². The zero-order valence-corrected chi connectivity index (χ0v) is 12.0. The van der Waals surface area contributed by atoms with Crippen molar-refractivity contribution < 1.29 is 19.8 Å². The van der Waals surface area contributed by atoms with Gasteiger partial charge in [-0.3, -0.25) is 0 Å². The number of carbonyl (C=O) groups excluding carboxylic acids is 1. The molecule has 2 atom stereocenters. The van der Waals surface area contributed by atoms with Crippen LogP contribution in [0, 0.1) is 5.92 Å². The third-order valence-corrected chi connectivity index (χ3v) is 4.56. The van der Waals surface area contributed by atoms with Gasteiger partial charge < -0.3 is 20.4 Å². The van der Waals surface area contributed by atoms with Crippen LogP contribution in [-0.2, 0) is 4.79 Å². The number of likely N-dealkylation sites (tertiary alicyclic amines) is 1. The molecular formula is C14H24N2O4. The molecule has 1 heterocycles. The van der Waals surface area contributed by atoms with Gasteiger partial charge in [0.1, 0.15) is 5.54 Å². The van der Waals surface area contributed by atoms with Crippen LogP contribution in [0.25, 0.3) is 0 Å². The number of aliphatic carboxylic acids is 1. The summed E-state index contributed by atoms with van der Waals surface area (Å²) in [5.74, 6) is -0.936. The molecule has 0 bridgehead atoms. The maximum Gasteiger partial charge on any atom is 0.329 e. The fourth-order valence-electron chi connectivity index (χ4n) is 3.00. The first kappa shape index (κ1) is 15.1. The van der Waals surface area contributed by atoms with E-state index >= 15 is 0 Å². The Bertz CT molecular complexity index is 381. The van der Waals surface area contributed by atoms with Gasteiger partial charge in [0.25, 0.3) is 0 Å². The molecule has 2 unspecified atom stereocenters. The third kappa shape index (κ3) is 3.06. The van der Waals surface area contributed by atoms with E-state index in [-0.39, 0.29) is 24.6 Å². The van der Waals surface area contributed by atoms with Crippen molar-refractivity contribution in [3.63, 3.8) is 0 Å². The number of carboxylic acid groups (broad SMARTS) is 1. The smallest absolute Gasteiger partial charge is 0.329 e. The van der Waals surface area contributed by atoms with E-state index in [1.54, 1.807) is 11.8 Å². The second-order valence-electron chi connectivity index (χ2n) is 6.07. The second kappa shape index (κ2) is 5.99. The summed E-state index contributed by atoms with van der Waals surface area (Å²) in [7, 11) is 0. The van der Waals surface area contributed by atoms with Gasteiger partial charge in [-0.1, -0.05) is 0 Å². The van der Waals surface area contributed by atoms with E-state index in [0.29, 0.717) is 13.0 Å². The molecule has 20 heavy (non-hydrogen) atoms. The minimum atomic E-state index is -1.17. The Morgan fingerprint density at radius 2 is 2.00 bits per heavy atom. The van der Waals surface area contributed by atoms with E-state index in [4.69, 9.17) is 5.11 Å². The van der Waals surface area contributed by atoms with Gasteiger partial charge in [0, 0.05) is 19.2 Å². The van der Waals surface area contributed by atoms with E-state index < -0.39 is 11.5 Å². The van der Waals surface area contributed by atoms with Crippen molar-refractivity contribution in [1.29, 1.82) is 0 Å². The monoisotopic (exact) mass is 284 g/mol. The van der Waals surface area contributed by atoms with Gasteiger partial charge in [-0.15, -0.1) is 0 Å². The summed E-state index contributed by atoms with van der Waals surface area (Å²) in [6.07, 6.45) is 5.12. The molecule has 2 rings (SSSR count). The quantitative estimate of drug-likeness (QED) is 0.707. The molecule has 0 aromatic rings. The molecule has 1 saturated heterocycles. The van der Waals surface area contributed by atoms with Crippen LogP contribution < -0.4 is 5.32 Å². The van der Waals surface area contributed by atoms with Crippen LogP contribution in [0.1, 0.15) is 45.4 Å². The first-order valence-electron chi connectivity index (χ1n) is 7.42. The molecule has 2 aliphatic rings. The Morgan fingerprint density at radius 3 is 2.55 bits per heavy atom. The highest BCUT2D eigenvalue weighted by Crippen LogP contribution is 2.40. The molecule has 2 fully saturated rings. The van der Waals surface area contributed by atoms with Crippen molar-refractivity contribution in [3.8, 4) is 0 Å². The largest absolute Gasteiger partial charge is 0.480 e. The number of nitrogens with one attached hydrogen (secondary N) is 1. The number of aliphatic hydroxyl groups excluding tert-OH is 1. The molecule has 6 nitrogen and oxygen atoms in total. The fraction of sp³-hybridized carbons (Fsp3) is 0.857. The van der Waals surface area contributed by atoms with Crippen LogP contribution in [0.2, 0.25) is 0 Å². The molecule has 1 aliphatic carbocycles.